The van der Waals surface area contributed by atoms with Gasteiger partial charge in [0.15, 0.2) is 0 Å². The molecule has 0 saturated carbocycles. The molecule has 0 spiro atoms. The molecule has 0 radical (unpaired) electrons. The van der Waals surface area contributed by atoms with Crippen LogP contribution in [0.3, 0.4) is 0 Å². The van der Waals surface area contributed by atoms with Crippen molar-refractivity contribution < 1.29 is 0 Å². The first-order chi connectivity index (χ1) is 9.56. The van der Waals surface area contributed by atoms with Gasteiger partial charge in [0.2, 0.25) is 0 Å². The van der Waals surface area contributed by atoms with Gasteiger partial charge in [0.25, 0.3) is 0 Å². The normalized spacial score (nSPS) is 22.1. The number of hydrogen-bond donors (Lipinski definition) is 1. The van der Waals surface area contributed by atoms with E-state index < -0.39 is 0 Å². The van der Waals surface area contributed by atoms with E-state index in [-0.39, 0.29) is 5.54 Å². The highest BCUT2D eigenvalue weighted by molar-refractivity contribution is 9.10. The molecule has 1 fully saturated rings. The molecule has 112 valence electrons. The Hall–Kier alpha value is -0.540. The molecule has 1 saturated heterocycles. The number of rotatable bonds is 4. The van der Waals surface area contributed by atoms with Gasteiger partial charge in [0.1, 0.15) is 0 Å². The van der Waals surface area contributed by atoms with Gasteiger partial charge in [0, 0.05) is 34.8 Å². The lowest BCUT2D eigenvalue weighted by Crippen LogP contribution is -2.64. The van der Waals surface area contributed by atoms with Crippen LogP contribution in [0.15, 0.2) is 22.7 Å². The van der Waals surface area contributed by atoms with Crippen LogP contribution in [0.2, 0.25) is 0 Å². The predicted octanol–water partition coefficient (Wildman–Crippen LogP) is 4.50. The first kappa shape index (κ1) is 15.8. The lowest BCUT2D eigenvalue weighted by molar-refractivity contribution is 0.246. The van der Waals surface area contributed by atoms with E-state index in [1.54, 1.807) is 0 Å². The Labute approximate surface area is 132 Å². The highest BCUT2D eigenvalue weighted by Gasteiger charge is 2.36. The van der Waals surface area contributed by atoms with E-state index >= 15 is 0 Å². The molecule has 0 amide bonds. The molecule has 3 heteroatoms. The second-order valence-electron chi connectivity index (χ2n) is 5.94. The Morgan fingerprint density at radius 1 is 1.30 bits per heavy atom. The third kappa shape index (κ3) is 2.89. The molecule has 1 aromatic rings. The van der Waals surface area contributed by atoms with Crippen LogP contribution in [0.5, 0.6) is 0 Å². The monoisotopic (exact) mass is 338 g/mol. The van der Waals surface area contributed by atoms with E-state index in [4.69, 9.17) is 0 Å². The maximum absolute atomic E-state index is 3.81. The van der Waals surface area contributed by atoms with E-state index in [1.165, 1.54) is 35.0 Å². The zero-order chi connectivity index (χ0) is 14.8. The molecule has 1 heterocycles. The van der Waals surface area contributed by atoms with Crippen LogP contribution in [-0.2, 0) is 0 Å². The second kappa shape index (κ2) is 6.48. The van der Waals surface area contributed by atoms with Crippen molar-refractivity contribution in [2.24, 2.45) is 0 Å². The van der Waals surface area contributed by atoms with Gasteiger partial charge in [-0.15, -0.1) is 0 Å². The molecule has 1 N–H and O–H groups in total. The Bertz CT molecular complexity index is 454. The molecule has 2 rings (SSSR count). The number of nitrogens with zero attached hydrogens (tertiary/aromatic N) is 1. The lowest BCUT2D eigenvalue weighted by Gasteiger charge is -2.49. The highest BCUT2D eigenvalue weighted by atomic mass is 79.9. The molecule has 1 atom stereocenters. The summed E-state index contributed by atoms with van der Waals surface area (Å²) in [6.45, 7) is 11.3. The summed E-state index contributed by atoms with van der Waals surface area (Å²) in [7, 11) is 0. The Balaban J connectivity index is 2.36. The SMILES string of the molecule is CCC1CNC(CC)(CC)CN1c1cccc(Br)c1C. The zero-order valence-electron chi connectivity index (χ0n) is 13.2. The van der Waals surface area contributed by atoms with Gasteiger partial charge in [-0.25, -0.2) is 0 Å². The van der Waals surface area contributed by atoms with Gasteiger partial charge >= 0.3 is 0 Å². The quantitative estimate of drug-likeness (QED) is 0.869. The summed E-state index contributed by atoms with van der Waals surface area (Å²) in [6.07, 6.45) is 3.55. The average molecular weight is 339 g/mol. The molecule has 1 aromatic carbocycles. The summed E-state index contributed by atoms with van der Waals surface area (Å²) in [5.41, 5.74) is 3.01. The van der Waals surface area contributed by atoms with E-state index in [9.17, 15) is 0 Å². The van der Waals surface area contributed by atoms with Crippen molar-refractivity contribution in [3.8, 4) is 0 Å². The van der Waals surface area contributed by atoms with Crippen molar-refractivity contribution in [2.45, 2.75) is 58.5 Å². The molecule has 0 aliphatic carbocycles. The molecular formula is C17H27BrN2. The van der Waals surface area contributed by atoms with Crippen LogP contribution in [-0.4, -0.2) is 24.7 Å². The summed E-state index contributed by atoms with van der Waals surface area (Å²) in [4.78, 5) is 2.63. The molecular weight excluding hydrogens is 312 g/mol. The van der Waals surface area contributed by atoms with Crippen molar-refractivity contribution in [1.29, 1.82) is 0 Å². The molecule has 2 nitrogen and oxygen atoms in total. The fourth-order valence-corrected chi connectivity index (χ4v) is 3.59. The van der Waals surface area contributed by atoms with E-state index in [2.05, 4.69) is 72.0 Å². The maximum atomic E-state index is 3.81. The molecule has 1 aliphatic rings. The summed E-state index contributed by atoms with van der Waals surface area (Å²) in [6, 6.07) is 7.15. The number of halogens is 1. The van der Waals surface area contributed by atoms with E-state index in [0.29, 0.717) is 6.04 Å². The Morgan fingerprint density at radius 2 is 2.00 bits per heavy atom. The van der Waals surface area contributed by atoms with Gasteiger partial charge in [-0.05, 0) is 43.9 Å². The number of nitrogens with one attached hydrogen (secondary N) is 1. The van der Waals surface area contributed by atoms with Crippen molar-refractivity contribution >= 4 is 21.6 Å². The van der Waals surface area contributed by atoms with Crippen LogP contribution >= 0.6 is 15.9 Å². The van der Waals surface area contributed by atoms with Crippen molar-refractivity contribution in [1.82, 2.24) is 5.32 Å². The summed E-state index contributed by atoms with van der Waals surface area (Å²) in [5, 5.41) is 3.81. The summed E-state index contributed by atoms with van der Waals surface area (Å²) < 4.78 is 1.21. The average Bonchev–Trinajstić information content (AvgIpc) is 2.49. The van der Waals surface area contributed by atoms with Gasteiger partial charge < -0.3 is 10.2 Å². The fraction of sp³-hybridized carbons (Fsp3) is 0.647. The molecule has 0 bridgehead atoms. The van der Waals surface area contributed by atoms with Crippen molar-refractivity contribution in [2.75, 3.05) is 18.0 Å². The van der Waals surface area contributed by atoms with Crippen LogP contribution < -0.4 is 10.2 Å². The molecule has 1 unspecified atom stereocenters. The minimum atomic E-state index is 0.264. The predicted molar refractivity (Wildman–Crippen MR) is 91.6 cm³/mol. The highest BCUT2D eigenvalue weighted by Crippen LogP contribution is 2.33. The minimum absolute atomic E-state index is 0.264. The van der Waals surface area contributed by atoms with E-state index in [0.717, 1.165) is 13.1 Å². The standard InChI is InChI=1S/C17H27BrN2/c1-5-14-11-19-17(6-2,7-3)12-20(14)16-10-8-9-15(18)13(16)4/h8-10,14,19H,5-7,11-12H2,1-4H3. The molecule has 20 heavy (non-hydrogen) atoms. The van der Waals surface area contributed by atoms with Gasteiger partial charge in [-0.1, -0.05) is 42.8 Å². The topological polar surface area (TPSA) is 15.3 Å². The summed E-state index contributed by atoms with van der Waals surface area (Å²) in [5.74, 6) is 0. The van der Waals surface area contributed by atoms with Crippen LogP contribution in [0, 0.1) is 6.92 Å². The Morgan fingerprint density at radius 3 is 2.60 bits per heavy atom. The van der Waals surface area contributed by atoms with Crippen molar-refractivity contribution in [3.63, 3.8) is 0 Å². The summed E-state index contributed by atoms with van der Waals surface area (Å²) >= 11 is 3.67. The third-order valence-electron chi connectivity index (χ3n) is 5.00. The van der Waals surface area contributed by atoms with Crippen LogP contribution in [0.4, 0.5) is 5.69 Å². The lowest BCUT2D eigenvalue weighted by atomic mass is 9.87. The number of piperazine rings is 1. The minimum Gasteiger partial charge on any atom is -0.365 e. The van der Waals surface area contributed by atoms with Crippen LogP contribution in [0.25, 0.3) is 0 Å². The number of anilines is 1. The van der Waals surface area contributed by atoms with Crippen LogP contribution in [0.1, 0.15) is 45.6 Å². The smallest absolute Gasteiger partial charge is 0.0413 e. The van der Waals surface area contributed by atoms with Gasteiger partial charge in [-0.2, -0.15) is 0 Å². The second-order valence-corrected chi connectivity index (χ2v) is 6.80. The maximum Gasteiger partial charge on any atom is 0.0413 e. The fourth-order valence-electron chi connectivity index (χ4n) is 3.23. The first-order valence-electron chi connectivity index (χ1n) is 7.83. The van der Waals surface area contributed by atoms with Gasteiger partial charge in [-0.3, -0.25) is 0 Å². The first-order valence-corrected chi connectivity index (χ1v) is 8.63. The third-order valence-corrected chi connectivity index (χ3v) is 5.86. The Kier molecular flexibility index (Phi) is 5.14. The zero-order valence-corrected chi connectivity index (χ0v) is 14.8. The largest absolute Gasteiger partial charge is 0.365 e. The molecule has 0 aromatic heterocycles. The number of benzene rings is 1. The van der Waals surface area contributed by atoms with E-state index in [1.807, 2.05) is 0 Å². The molecule has 1 aliphatic heterocycles. The van der Waals surface area contributed by atoms with Gasteiger partial charge in [0.05, 0.1) is 0 Å². The van der Waals surface area contributed by atoms with Crippen molar-refractivity contribution in [3.05, 3.63) is 28.2 Å². The number of hydrogen-bond acceptors (Lipinski definition) is 2.